The molecule has 130 valence electrons. The molecule has 0 fully saturated rings. The summed E-state index contributed by atoms with van der Waals surface area (Å²) in [5.41, 5.74) is 3.13. The average molecular weight is 429 g/mol. The van der Waals surface area contributed by atoms with Crippen LogP contribution in [-0.2, 0) is 5.75 Å². The van der Waals surface area contributed by atoms with Crippen LogP contribution in [0.5, 0.6) is 0 Å². The van der Waals surface area contributed by atoms with E-state index in [0.29, 0.717) is 16.5 Å². The lowest BCUT2D eigenvalue weighted by atomic mass is 10.1. The van der Waals surface area contributed by atoms with Crippen LogP contribution in [0.4, 0.5) is 0 Å². The van der Waals surface area contributed by atoms with Gasteiger partial charge in [0.1, 0.15) is 5.58 Å². The molecule has 0 unspecified atom stereocenters. The lowest BCUT2D eigenvalue weighted by Crippen LogP contribution is -2.01. The van der Waals surface area contributed by atoms with E-state index in [0.717, 1.165) is 21.1 Å². The van der Waals surface area contributed by atoms with Crippen LogP contribution in [0.15, 0.2) is 67.4 Å². The van der Waals surface area contributed by atoms with E-state index in [1.807, 2.05) is 43.3 Å². The molecular weight excluding hydrogens is 416 g/mol. The highest BCUT2D eigenvalue weighted by molar-refractivity contribution is 9.10. The monoisotopic (exact) mass is 428 g/mol. The zero-order valence-corrected chi connectivity index (χ0v) is 16.1. The van der Waals surface area contributed by atoms with Crippen molar-refractivity contribution in [2.75, 3.05) is 0 Å². The number of hydrogen-bond donors (Lipinski definition) is 0. The van der Waals surface area contributed by atoms with Gasteiger partial charge in [0.2, 0.25) is 5.16 Å². The third kappa shape index (κ3) is 3.42. The number of thioether (sulfide) groups is 1. The van der Waals surface area contributed by atoms with Gasteiger partial charge in [-0.1, -0.05) is 45.4 Å². The molecular formula is C18H13BrN4O2S. The highest BCUT2D eigenvalue weighted by Gasteiger charge is 2.12. The van der Waals surface area contributed by atoms with Crippen molar-refractivity contribution in [1.29, 1.82) is 0 Å². The van der Waals surface area contributed by atoms with E-state index in [9.17, 15) is 4.79 Å². The van der Waals surface area contributed by atoms with Gasteiger partial charge in [0.05, 0.1) is 5.69 Å². The first kappa shape index (κ1) is 17.0. The Morgan fingerprint density at radius 1 is 1.15 bits per heavy atom. The van der Waals surface area contributed by atoms with Crippen LogP contribution >= 0.6 is 27.7 Å². The zero-order chi connectivity index (χ0) is 18.1. The second kappa shape index (κ2) is 7.05. The molecule has 0 bridgehead atoms. The molecule has 0 saturated heterocycles. The molecule has 0 aliphatic heterocycles. The van der Waals surface area contributed by atoms with Crippen LogP contribution in [0.2, 0.25) is 0 Å². The largest absolute Gasteiger partial charge is 0.423 e. The van der Waals surface area contributed by atoms with Crippen molar-refractivity contribution in [1.82, 2.24) is 20.2 Å². The van der Waals surface area contributed by atoms with Crippen molar-refractivity contribution in [3.63, 3.8) is 0 Å². The number of nitrogens with zero attached hydrogens (tertiary/aromatic N) is 4. The maximum atomic E-state index is 11.9. The van der Waals surface area contributed by atoms with Crippen molar-refractivity contribution in [2.45, 2.75) is 17.8 Å². The molecule has 26 heavy (non-hydrogen) atoms. The van der Waals surface area contributed by atoms with E-state index in [4.69, 9.17) is 4.42 Å². The van der Waals surface area contributed by atoms with Gasteiger partial charge in [-0.2, -0.15) is 4.68 Å². The summed E-state index contributed by atoms with van der Waals surface area (Å²) in [5, 5.41) is 13.5. The molecule has 0 aliphatic rings. The fourth-order valence-corrected chi connectivity index (χ4v) is 3.80. The zero-order valence-electron chi connectivity index (χ0n) is 13.7. The van der Waals surface area contributed by atoms with Crippen molar-refractivity contribution in [3.8, 4) is 5.69 Å². The molecule has 0 saturated carbocycles. The van der Waals surface area contributed by atoms with Crippen LogP contribution in [0.25, 0.3) is 16.7 Å². The summed E-state index contributed by atoms with van der Waals surface area (Å²) in [6.45, 7) is 2.03. The number of tetrazole rings is 1. The molecule has 6 nitrogen and oxygen atoms in total. The Bertz CT molecular complexity index is 1140. The summed E-state index contributed by atoms with van der Waals surface area (Å²) in [7, 11) is 0. The quantitative estimate of drug-likeness (QED) is 0.359. The van der Waals surface area contributed by atoms with Gasteiger partial charge in [-0.15, -0.1) is 5.10 Å². The van der Waals surface area contributed by atoms with Gasteiger partial charge in [0.15, 0.2) is 0 Å². The molecule has 0 N–H and O–H groups in total. The van der Waals surface area contributed by atoms with Gasteiger partial charge in [-0.25, -0.2) is 4.79 Å². The van der Waals surface area contributed by atoms with Crippen molar-refractivity contribution in [3.05, 3.63) is 74.6 Å². The van der Waals surface area contributed by atoms with Gasteiger partial charge in [-0.3, -0.25) is 0 Å². The van der Waals surface area contributed by atoms with E-state index >= 15 is 0 Å². The Hall–Kier alpha value is -2.45. The molecule has 4 rings (SSSR count). The molecule has 8 heteroatoms. The van der Waals surface area contributed by atoms with Gasteiger partial charge in [-0.05, 0) is 53.2 Å². The normalized spacial score (nSPS) is 11.2. The first-order valence-corrected chi connectivity index (χ1v) is 9.58. The Labute approximate surface area is 161 Å². The number of halogens is 1. The first-order valence-electron chi connectivity index (χ1n) is 7.81. The number of hydrogen-bond acceptors (Lipinski definition) is 6. The highest BCUT2D eigenvalue weighted by Crippen LogP contribution is 2.27. The molecule has 0 aliphatic carbocycles. The first-order chi connectivity index (χ1) is 12.6. The molecule has 0 spiro atoms. The summed E-state index contributed by atoms with van der Waals surface area (Å²) >= 11 is 4.86. The van der Waals surface area contributed by atoms with Gasteiger partial charge < -0.3 is 4.42 Å². The average Bonchev–Trinajstić information content (AvgIpc) is 3.08. The van der Waals surface area contributed by atoms with E-state index in [2.05, 4.69) is 31.5 Å². The minimum Gasteiger partial charge on any atom is -0.423 e. The molecule has 4 aromatic rings. The summed E-state index contributed by atoms with van der Waals surface area (Å²) in [6, 6.07) is 15.1. The van der Waals surface area contributed by atoms with Crippen LogP contribution in [-0.4, -0.2) is 20.2 Å². The predicted molar refractivity (Wildman–Crippen MR) is 104 cm³/mol. The number of benzene rings is 2. The minimum absolute atomic E-state index is 0.371. The molecule has 0 radical (unpaired) electrons. The maximum Gasteiger partial charge on any atom is 0.336 e. The molecule has 2 aromatic carbocycles. The van der Waals surface area contributed by atoms with E-state index in [-0.39, 0.29) is 5.63 Å². The molecule has 2 heterocycles. The van der Waals surface area contributed by atoms with E-state index in [1.165, 1.54) is 23.4 Å². The molecule has 2 aromatic heterocycles. The molecule has 0 amide bonds. The number of fused-ring (bicyclic) bond motifs is 1. The molecule has 0 atom stereocenters. The van der Waals surface area contributed by atoms with Crippen LogP contribution in [0.3, 0.4) is 0 Å². The van der Waals surface area contributed by atoms with Gasteiger partial charge >= 0.3 is 5.63 Å². The Kier molecular flexibility index (Phi) is 4.60. The van der Waals surface area contributed by atoms with Crippen molar-refractivity contribution in [2.24, 2.45) is 0 Å². The second-order valence-corrected chi connectivity index (χ2v) is 7.59. The van der Waals surface area contributed by atoms with Crippen molar-refractivity contribution < 1.29 is 4.42 Å². The number of rotatable bonds is 4. The summed E-state index contributed by atoms with van der Waals surface area (Å²) in [4.78, 5) is 11.9. The lowest BCUT2D eigenvalue weighted by molar-refractivity contribution is 0.559. The van der Waals surface area contributed by atoms with E-state index in [1.54, 1.807) is 10.7 Å². The Morgan fingerprint density at radius 2 is 1.96 bits per heavy atom. The van der Waals surface area contributed by atoms with Gasteiger partial charge in [0.25, 0.3) is 0 Å². The fourth-order valence-electron chi connectivity index (χ4n) is 2.58. The number of aromatic nitrogens is 4. The van der Waals surface area contributed by atoms with E-state index < -0.39 is 0 Å². The van der Waals surface area contributed by atoms with Crippen molar-refractivity contribution >= 4 is 38.7 Å². The van der Waals surface area contributed by atoms with Crippen LogP contribution in [0.1, 0.15) is 11.1 Å². The SMILES string of the molecule is Cc1ccc(-n2nnnc2SCc2cc(=O)oc3cc(Br)ccc23)cc1. The minimum atomic E-state index is -0.371. The third-order valence-electron chi connectivity index (χ3n) is 3.87. The summed E-state index contributed by atoms with van der Waals surface area (Å²) in [6.07, 6.45) is 0. The summed E-state index contributed by atoms with van der Waals surface area (Å²) in [5.74, 6) is 0.552. The third-order valence-corrected chi connectivity index (χ3v) is 5.33. The highest BCUT2D eigenvalue weighted by atomic mass is 79.9. The smallest absolute Gasteiger partial charge is 0.336 e. The Morgan fingerprint density at radius 3 is 2.77 bits per heavy atom. The number of aryl methyl sites for hydroxylation is 1. The lowest BCUT2D eigenvalue weighted by Gasteiger charge is -2.07. The fraction of sp³-hybridized carbons (Fsp3) is 0.111. The van der Waals surface area contributed by atoms with Crippen LogP contribution in [0, 0.1) is 6.92 Å². The summed E-state index contributed by atoms with van der Waals surface area (Å²) < 4.78 is 7.84. The standard InChI is InChI=1S/C18H13BrN4O2S/c1-11-2-5-14(6-3-11)23-18(20-21-22-23)26-10-12-8-17(24)25-16-9-13(19)4-7-15(12)16/h2-9H,10H2,1H3. The second-order valence-electron chi connectivity index (χ2n) is 5.73. The van der Waals surface area contributed by atoms with Gasteiger partial charge in [0, 0.05) is 21.7 Å². The predicted octanol–water partition coefficient (Wildman–Crippen LogP) is 4.13. The van der Waals surface area contributed by atoms with Crippen LogP contribution < -0.4 is 5.63 Å². The topological polar surface area (TPSA) is 73.8 Å². The maximum absolute atomic E-state index is 11.9. The Balaban J connectivity index is 1.65.